The number of aliphatic hydroxyl groups is 2. The molecule has 0 saturated carbocycles. The molecule has 0 fully saturated rings. The Morgan fingerprint density at radius 1 is 1.33 bits per heavy atom. The highest BCUT2D eigenvalue weighted by Gasteiger charge is 2.38. The third-order valence-electron chi connectivity index (χ3n) is 5.31. The van der Waals surface area contributed by atoms with E-state index < -0.39 is 28.3 Å². The Morgan fingerprint density at radius 3 is 2.58 bits per heavy atom. The van der Waals surface area contributed by atoms with E-state index in [-0.39, 0.29) is 48.3 Å². The van der Waals surface area contributed by atoms with Crippen molar-refractivity contribution in [3.63, 3.8) is 0 Å². The zero-order valence-corrected chi connectivity index (χ0v) is 20.9. The fourth-order valence-electron chi connectivity index (χ4n) is 3.42. The first-order valence-corrected chi connectivity index (χ1v) is 12.5. The summed E-state index contributed by atoms with van der Waals surface area (Å²) in [4.78, 5) is 13.9. The molecular formula is C23H35N3O6S. The zero-order chi connectivity index (χ0) is 24.9. The highest BCUT2D eigenvalue weighted by molar-refractivity contribution is 7.89. The van der Waals surface area contributed by atoms with Gasteiger partial charge in [-0.1, -0.05) is 18.8 Å². The summed E-state index contributed by atoms with van der Waals surface area (Å²) < 4.78 is 34.4. The molecule has 1 aliphatic heterocycles. The number of likely N-dealkylation sites (N-methyl/N-ethyl adjacent to an activating group) is 1. The molecule has 33 heavy (non-hydrogen) atoms. The molecule has 1 aromatic carbocycles. The number of amides is 2. The lowest BCUT2D eigenvalue weighted by Gasteiger charge is -2.37. The van der Waals surface area contributed by atoms with Gasteiger partial charge < -0.3 is 25.2 Å². The third kappa shape index (κ3) is 6.84. The van der Waals surface area contributed by atoms with Crippen LogP contribution in [0.4, 0.5) is 4.79 Å². The van der Waals surface area contributed by atoms with Gasteiger partial charge in [0.05, 0.1) is 13.2 Å². The number of benzene rings is 1. The van der Waals surface area contributed by atoms with Gasteiger partial charge in [-0.15, -0.1) is 0 Å². The number of rotatable bonds is 5. The van der Waals surface area contributed by atoms with Crippen molar-refractivity contribution in [1.29, 1.82) is 0 Å². The van der Waals surface area contributed by atoms with Crippen LogP contribution in [0, 0.1) is 17.8 Å². The first-order chi connectivity index (χ1) is 15.4. The summed E-state index contributed by atoms with van der Waals surface area (Å²) in [6.45, 7) is 8.78. The molecule has 0 bridgehead atoms. The number of ether oxygens (including phenoxy) is 1. The van der Waals surface area contributed by atoms with Crippen LogP contribution in [0.5, 0.6) is 5.75 Å². The van der Waals surface area contributed by atoms with Crippen LogP contribution in [0.15, 0.2) is 23.1 Å². The molecular weight excluding hydrogens is 446 g/mol. The third-order valence-corrected chi connectivity index (χ3v) is 7.32. The molecule has 1 aliphatic rings. The minimum Gasteiger partial charge on any atom is -0.487 e. The van der Waals surface area contributed by atoms with Crippen LogP contribution < -0.4 is 10.1 Å². The van der Waals surface area contributed by atoms with Gasteiger partial charge in [-0.2, -0.15) is 4.31 Å². The van der Waals surface area contributed by atoms with Gasteiger partial charge in [0.1, 0.15) is 22.9 Å². The van der Waals surface area contributed by atoms with Gasteiger partial charge in [0.2, 0.25) is 10.0 Å². The van der Waals surface area contributed by atoms with Gasteiger partial charge in [0.15, 0.2) is 0 Å². The molecule has 0 radical (unpaired) electrons. The first kappa shape index (κ1) is 26.9. The van der Waals surface area contributed by atoms with Gasteiger partial charge in [0.25, 0.3) is 0 Å². The van der Waals surface area contributed by atoms with E-state index in [2.05, 4.69) is 17.2 Å². The van der Waals surface area contributed by atoms with Crippen LogP contribution >= 0.6 is 0 Å². The summed E-state index contributed by atoms with van der Waals surface area (Å²) in [6.07, 6.45) is -1.35. The highest BCUT2D eigenvalue weighted by atomic mass is 32.2. The van der Waals surface area contributed by atoms with Crippen molar-refractivity contribution >= 4 is 16.1 Å². The fraction of sp³-hybridized carbons (Fsp3) is 0.609. The van der Waals surface area contributed by atoms with Crippen LogP contribution in [0.1, 0.15) is 40.2 Å². The molecule has 0 aliphatic carbocycles. The number of carbonyl (C=O) groups is 1. The number of sulfonamides is 1. The van der Waals surface area contributed by atoms with E-state index in [9.17, 15) is 23.4 Å². The largest absolute Gasteiger partial charge is 0.487 e. The Morgan fingerprint density at radius 2 is 2.00 bits per heavy atom. The van der Waals surface area contributed by atoms with Crippen molar-refractivity contribution in [2.45, 2.75) is 63.8 Å². The van der Waals surface area contributed by atoms with E-state index in [0.717, 1.165) is 0 Å². The van der Waals surface area contributed by atoms with Crippen LogP contribution in [0.2, 0.25) is 0 Å². The van der Waals surface area contributed by atoms with E-state index in [1.165, 1.54) is 28.3 Å². The smallest absolute Gasteiger partial charge is 0.317 e. The number of hydrogen-bond acceptors (Lipinski definition) is 6. The normalized spacial score (nSPS) is 22.0. The summed E-state index contributed by atoms with van der Waals surface area (Å²) in [6, 6.07) is 3.59. The van der Waals surface area contributed by atoms with Crippen molar-refractivity contribution in [3.8, 4) is 17.6 Å². The lowest BCUT2D eigenvalue weighted by Crippen LogP contribution is -2.51. The number of carbonyl (C=O) groups excluding carboxylic acids is 1. The van der Waals surface area contributed by atoms with Gasteiger partial charge >= 0.3 is 6.03 Å². The number of fused-ring (bicyclic) bond motifs is 1. The van der Waals surface area contributed by atoms with Gasteiger partial charge in [0, 0.05) is 37.2 Å². The summed E-state index contributed by atoms with van der Waals surface area (Å²) in [5.41, 5.74) is 0.490. The average molecular weight is 482 g/mol. The Kier molecular flexibility index (Phi) is 9.14. The standard InChI is InChI=1S/C23H35N3O6S/c1-15(2)24-23(29)25(6)13-21-16(3)12-26(17(4)14-27)33(30,31)22-10-9-19(8-7-18(5)28)11-20(22)32-21/h9-11,15-18,21,27-28H,12-14H2,1-6H3,(H,24,29)/t16-,17-,18+,21-/m1/s1. The number of urea groups is 1. The quantitative estimate of drug-likeness (QED) is 0.545. The molecule has 2 amide bonds. The molecule has 3 N–H and O–H groups in total. The van der Waals surface area contributed by atoms with Crippen LogP contribution in [0.25, 0.3) is 0 Å². The second kappa shape index (κ2) is 11.2. The van der Waals surface area contributed by atoms with E-state index in [4.69, 9.17) is 4.74 Å². The van der Waals surface area contributed by atoms with Crippen molar-refractivity contribution in [2.24, 2.45) is 5.92 Å². The van der Waals surface area contributed by atoms with E-state index in [0.29, 0.717) is 5.56 Å². The summed E-state index contributed by atoms with van der Waals surface area (Å²) >= 11 is 0. The van der Waals surface area contributed by atoms with Crippen molar-refractivity contribution < 1.29 is 28.2 Å². The predicted molar refractivity (Wildman–Crippen MR) is 125 cm³/mol. The Labute approximate surface area is 196 Å². The zero-order valence-electron chi connectivity index (χ0n) is 20.1. The molecule has 0 saturated heterocycles. The monoisotopic (exact) mass is 481 g/mol. The first-order valence-electron chi connectivity index (χ1n) is 11.0. The molecule has 9 nitrogen and oxygen atoms in total. The van der Waals surface area contributed by atoms with E-state index in [1.54, 1.807) is 20.0 Å². The topological polar surface area (TPSA) is 119 Å². The van der Waals surface area contributed by atoms with Crippen LogP contribution in [0.3, 0.4) is 0 Å². The molecule has 0 spiro atoms. The van der Waals surface area contributed by atoms with Gasteiger partial charge in [-0.3, -0.25) is 0 Å². The molecule has 2 rings (SSSR count). The van der Waals surface area contributed by atoms with Crippen LogP contribution in [-0.4, -0.2) is 84.9 Å². The minimum absolute atomic E-state index is 0.0301. The molecule has 10 heteroatoms. The molecule has 1 heterocycles. The number of aliphatic hydroxyl groups excluding tert-OH is 2. The summed E-state index contributed by atoms with van der Waals surface area (Å²) in [7, 11) is -2.31. The molecule has 4 atom stereocenters. The molecule has 1 aromatic rings. The van der Waals surface area contributed by atoms with Crippen molar-refractivity contribution in [2.75, 3.05) is 26.7 Å². The van der Waals surface area contributed by atoms with Gasteiger partial charge in [-0.05, 0) is 45.9 Å². The van der Waals surface area contributed by atoms with Crippen molar-refractivity contribution in [1.82, 2.24) is 14.5 Å². The summed E-state index contributed by atoms with van der Waals surface area (Å²) in [5, 5.41) is 22.0. The minimum atomic E-state index is -3.96. The Bertz CT molecular complexity index is 999. The molecule has 0 aromatic heterocycles. The lowest BCUT2D eigenvalue weighted by atomic mass is 10.0. The second-order valence-electron chi connectivity index (χ2n) is 8.83. The highest BCUT2D eigenvalue weighted by Crippen LogP contribution is 2.34. The maximum Gasteiger partial charge on any atom is 0.317 e. The maximum absolute atomic E-state index is 13.4. The Hall–Kier alpha value is -2.32. The van der Waals surface area contributed by atoms with E-state index in [1.807, 2.05) is 20.8 Å². The second-order valence-corrected chi connectivity index (χ2v) is 10.7. The molecule has 184 valence electrons. The predicted octanol–water partition coefficient (Wildman–Crippen LogP) is 1.24. The lowest BCUT2D eigenvalue weighted by molar-refractivity contribution is 0.0809. The summed E-state index contributed by atoms with van der Waals surface area (Å²) in [5.74, 6) is 5.27. The Balaban J connectivity index is 2.53. The van der Waals surface area contributed by atoms with Crippen LogP contribution in [-0.2, 0) is 10.0 Å². The maximum atomic E-state index is 13.4. The van der Waals surface area contributed by atoms with Gasteiger partial charge in [-0.25, -0.2) is 13.2 Å². The SMILES string of the molecule is CC(C)NC(=O)N(C)C[C@H]1Oc2cc(C#C[C@H](C)O)ccc2S(=O)(=O)N([C@H](C)CO)C[C@H]1C. The number of nitrogens with zero attached hydrogens (tertiary/aromatic N) is 2. The van der Waals surface area contributed by atoms with E-state index >= 15 is 0 Å². The number of hydrogen-bond donors (Lipinski definition) is 3. The van der Waals surface area contributed by atoms with Crippen molar-refractivity contribution in [3.05, 3.63) is 23.8 Å². The molecule has 0 unspecified atom stereocenters. The number of nitrogens with one attached hydrogen (secondary N) is 1. The fourth-order valence-corrected chi connectivity index (χ4v) is 5.24. The average Bonchev–Trinajstić information content (AvgIpc) is 2.73.